The van der Waals surface area contributed by atoms with Crippen LogP contribution >= 0.6 is 11.6 Å². The van der Waals surface area contributed by atoms with Crippen LogP contribution in [0.2, 0.25) is 5.02 Å². The Kier molecular flexibility index (Phi) is 3.22. The Morgan fingerprint density at radius 2 is 2.00 bits per heavy atom. The number of aryl methyl sites for hydroxylation is 1. The number of nitrogens with zero attached hydrogens (tertiary/aromatic N) is 1. The maximum atomic E-state index is 12.5. The Labute approximate surface area is 123 Å². The van der Waals surface area contributed by atoms with Gasteiger partial charge in [-0.15, -0.1) is 0 Å². The first-order valence-corrected chi connectivity index (χ1v) is 6.99. The van der Waals surface area contributed by atoms with Gasteiger partial charge in [-0.2, -0.15) is 0 Å². The fourth-order valence-electron chi connectivity index (χ4n) is 2.37. The molecule has 20 heavy (non-hydrogen) atoms. The van der Waals surface area contributed by atoms with Crippen molar-refractivity contribution in [3.05, 3.63) is 58.7 Å². The average molecular weight is 287 g/mol. The molecule has 1 aliphatic carbocycles. The van der Waals surface area contributed by atoms with Gasteiger partial charge in [0, 0.05) is 11.2 Å². The maximum Gasteiger partial charge on any atom is 0.236 e. The van der Waals surface area contributed by atoms with Crippen molar-refractivity contribution in [1.82, 2.24) is 4.98 Å². The fraction of sp³-hybridized carbons (Fsp3) is 0.250. The van der Waals surface area contributed by atoms with E-state index in [4.69, 9.17) is 11.6 Å². The summed E-state index contributed by atoms with van der Waals surface area (Å²) in [5.41, 5.74) is 1.49. The highest BCUT2D eigenvalue weighted by Gasteiger charge is 2.52. The Morgan fingerprint density at radius 1 is 1.25 bits per heavy atom. The first-order chi connectivity index (χ1) is 9.62. The van der Waals surface area contributed by atoms with Crippen LogP contribution in [-0.2, 0) is 10.2 Å². The van der Waals surface area contributed by atoms with E-state index in [1.165, 1.54) is 0 Å². The molecule has 102 valence electrons. The van der Waals surface area contributed by atoms with E-state index in [0.29, 0.717) is 10.8 Å². The number of halogens is 1. The number of hydrogen-bond acceptors (Lipinski definition) is 2. The molecule has 0 radical (unpaired) electrons. The highest BCUT2D eigenvalue weighted by Crippen LogP contribution is 2.51. The lowest BCUT2D eigenvalue weighted by Gasteiger charge is -2.16. The minimum absolute atomic E-state index is 0.0260. The molecule has 0 saturated heterocycles. The molecule has 1 amide bonds. The quantitative estimate of drug-likeness (QED) is 0.934. The summed E-state index contributed by atoms with van der Waals surface area (Å²) in [6, 6.07) is 11.3. The molecule has 1 aromatic carbocycles. The number of hydrogen-bond donors (Lipinski definition) is 1. The molecule has 1 fully saturated rings. The van der Waals surface area contributed by atoms with E-state index in [0.717, 1.165) is 24.0 Å². The minimum atomic E-state index is -0.481. The van der Waals surface area contributed by atoms with Gasteiger partial charge in [-0.1, -0.05) is 35.9 Å². The fourth-order valence-corrected chi connectivity index (χ4v) is 2.69. The number of rotatable bonds is 3. The maximum absolute atomic E-state index is 12.5. The van der Waals surface area contributed by atoms with Crippen LogP contribution in [0.25, 0.3) is 0 Å². The van der Waals surface area contributed by atoms with Crippen LogP contribution in [-0.4, -0.2) is 10.9 Å². The summed E-state index contributed by atoms with van der Waals surface area (Å²) in [5, 5.41) is 3.54. The molecular formula is C16H15ClN2O. The van der Waals surface area contributed by atoms with Crippen molar-refractivity contribution in [2.75, 3.05) is 5.32 Å². The van der Waals surface area contributed by atoms with Gasteiger partial charge >= 0.3 is 0 Å². The van der Waals surface area contributed by atoms with Crippen molar-refractivity contribution >= 4 is 23.3 Å². The van der Waals surface area contributed by atoms with E-state index in [9.17, 15) is 4.79 Å². The summed E-state index contributed by atoms with van der Waals surface area (Å²) >= 11 is 6.22. The summed E-state index contributed by atoms with van der Waals surface area (Å²) in [4.78, 5) is 16.7. The second kappa shape index (κ2) is 4.91. The number of aromatic nitrogens is 1. The summed E-state index contributed by atoms with van der Waals surface area (Å²) < 4.78 is 0. The summed E-state index contributed by atoms with van der Waals surface area (Å²) in [7, 11) is 0. The molecule has 2 aromatic rings. The third-order valence-electron chi connectivity index (χ3n) is 3.73. The zero-order valence-electron chi connectivity index (χ0n) is 11.2. The van der Waals surface area contributed by atoms with E-state index in [-0.39, 0.29) is 5.91 Å². The average Bonchev–Trinajstić information content (AvgIpc) is 3.23. The Bertz CT molecular complexity index is 648. The molecule has 0 aliphatic heterocycles. The first kappa shape index (κ1) is 13.1. The van der Waals surface area contributed by atoms with Crippen molar-refractivity contribution in [3.8, 4) is 0 Å². The van der Waals surface area contributed by atoms with Crippen LogP contribution in [0.3, 0.4) is 0 Å². The van der Waals surface area contributed by atoms with Crippen LogP contribution < -0.4 is 5.32 Å². The second-order valence-corrected chi connectivity index (χ2v) is 5.64. The molecular weight excluding hydrogens is 272 g/mol. The van der Waals surface area contributed by atoms with Crippen molar-refractivity contribution in [3.63, 3.8) is 0 Å². The minimum Gasteiger partial charge on any atom is -0.310 e. The molecule has 1 aliphatic rings. The topological polar surface area (TPSA) is 42.0 Å². The number of carbonyl (C=O) groups is 1. The van der Waals surface area contributed by atoms with Gasteiger partial charge < -0.3 is 5.32 Å². The van der Waals surface area contributed by atoms with Crippen LogP contribution in [0.4, 0.5) is 5.82 Å². The van der Waals surface area contributed by atoms with Gasteiger partial charge in [-0.25, -0.2) is 4.98 Å². The Morgan fingerprint density at radius 3 is 2.60 bits per heavy atom. The normalized spacial score (nSPS) is 15.7. The zero-order valence-corrected chi connectivity index (χ0v) is 11.9. The van der Waals surface area contributed by atoms with E-state index in [1.807, 2.05) is 43.3 Å². The van der Waals surface area contributed by atoms with E-state index < -0.39 is 5.41 Å². The number of benzene rings is 1. The SMILES string of the molecule is Cc1ccc(NC(=O)C2(c3ccccc3Cl)CC2)nc1. The zero-order chi connectivity index (χ0) is 14.2. The molecule has 1 heterocycles. The molecule has 1 N–H and O–H groups in total. The van der Waals surface area contributed by atoms with Gasteiger partial charge in [-0.3, -0.25) is 4.79 Å². The van der Waals surface area contributed by atoms with Crippen LogP contribution in [0.5, 0.6) is 0 Å². The molecule has 3 nitrogen and oxygen atoms in total. The third-order valence-corrected chi connectivity index (χ3v) is 4.06. The number of carbonyl (C=O) groups excluding carboxylic acids is 1. The van der Waals surface area contributed by atoms with Gasteiger partial charge in [0.05, 0.1) is 5.41 Å². The van der Waals surface area contributed by atoms with E-state index in [2.05, 4.69) is 10.3 Å². The van der Waals surface area contributed by atoms with Crippen LogP contribution in [0.1, 0.15) is 24.0 Å². The molecule has 0 bridgehead atoms. The van der Waals surface area contributed by atoms with Crippen molar-refractivity contribution in [1.29, 1.82) is 0 Å². The summed E-state index contributed by atoms with van der Waals surface area (Å²) in [5.74, 6) is 0.556. The van der Waals surface area contributed by atoms with Gasteiger partial charge in [0.1, 0.15) is 5.82 Å². The lowest BCUT2D eigenvalue weighted by Crippen LogP contribution is -2.28. The number of pyridine rings is 1. The van der Waals surface area contributed by atoms with Crippen molar-refractivity contribution in [2.24, 2.45) is 0 Å². The third kappa shape index (κ3) is 2.29. The Balaban J connectivity index is 1.84. The highest BCUT2D eigenvalue weighted by atomic mass is 35.5. The first-order valence-electron chi connectivity index (χ1n) is 6.61. The molecule has 4 heteroatoms. The monoisotopic (exact) mass is 286 g/mol. The lowest BCUT2D eigenvalue weighted by molar-refractivity contribution is -0.118. The standard InChI is InChI=1S/C16H15ClN2O/c1-11-6-7-14(18-10-11)19-15(20)16(8-9-16)12-4-2-3-5-13(12)17/h2-7,10H,8-9H2,1H3,(H,18,19,20). The summed E-state index contributed by atoms with van der Waals surface area (Å²) in [6.45, 7) is 1.96. The predicted molar refractivity (Wildman–Crippen MR) is 80.0 cm³/mol. The molecule has 0 unspecified atom stereocenters. The smallest absolute Gasteiger partial charge is 0.236 e. The van der Waals surface area contributed by atoms with Gasteiger partial charge in [0.25, 0.3) is 0 Å². The molecule has 0 atom stereocenters. The predicted octanol–water partition coefficient (Wildman–Crippen LogP) is 3.71. The van der Waals surface area contributed by atoms with Crippen molar-refractivity contribution < 1.29 is 4.79 Å². The van der Waals surface area contributed by atoms with Gasteiger partial charge in [0.2, 0.25) is 5.91 Å². The summed E-state index contributed by atoms with van der Waals surface area (Å²) in [6.07, 6.45) is 3.40. The number of anilines is 1. The van der Waals surface area contributed by atoms with Gasteiger partial charge in [-0.05, 0) is 43.0 Å². The largest absolute Gasteiger partial charge is 0.310 e. The Hall–Kier alpha value is -1.87. The molecule has 3 rings (SSSR count). The van der Waals surface area contributed by atoms with E-state index >= 15 is 0 Å². The molecule has 1 saturated carbocycles. The number of amides is 1. The van der Waals surface area contributed by atoms with E-state index in [1.54, 1.807) is 6.20 Å². The molecule has 0 spiro atoms. The van der Waals surface area contributed by atoms with Crippen molar-refractivity contribution in [2.45, 2.75) is 25.2 Å². The number of nitrogens with one attached hydrogen (secondary N) is 1. The van der Waals surface area contributed by atoms with Crippen LogP contribution in [0.15, 0.2) is 42.6 Å². The second-order valence-electron chi connectivity index (χ2n) is 5.24. The van der Waals surface area contributed by atoms with Gasteiger partial charge in [0.15, 0.2) is 0 Å². The lowest BCUT2D eigenvalue weighted by atomic mass is 9.95. The van der Waals surface area contributed by atoms with Crippen LogP contribution in [0, 0.1) is 6.92 Å². The highest BCUT2D eigenvalue weighted by molar-refractivity contribution is 6.32. The molecule has 1 aromatic heterocycles.